The first kappa shape index (κ1) is 16.5. The van der Waals surface area contributed by atoms with Crippen molar-refractivity contribution in [1.82, 2.24) is 5.32 Å². The largest absolute Gasteiger partial charge is 0.316 e. The third kappa shape index (κ3) is 4.10. The van der Waals surface area contributed by atoms with Crippen molar-refractivity contribution in [2.45, 2.75) is 65.7 Å². The van der Waals surface area contributed by atoms with Gasteiger partial charge in [0.2, 0.25) is 0 Å². The van der Waals surface area contributed by atoms with Gasteiger partial charge >= 0.3 is 0 Å². The Kier molecular flexibility index (Phi) is 5.48. The van der Waals surface area contributed by atoms with Crippen LogP contribution in [0.15, 0.2) is 18.2 Å². The second-order valence-electron chi connectivity index (χ2n) is 7.79. The average Bonchev–Trinajstić information content (AvgIpc) is 2.44. The first-order valence-electron chi connectivity index (χ1n) is 8.71. The van der Waals surface area contributed by atoms with Crippen LogP contribution in [0.3, 0.4) is 0 Å². The maximum absolute atomic E-state index is 3.74. The molecule has 1 N–H and O–H groups in total. The van der Waals surface area contributed by atoms with Crippen LogP contribution in [0.5, 0.6) is 0 Å². The van der Waals surface area contributed by atoms with Crippen LogP contribution < -0.4 is 5.32 Å². The van der Waals surface area contributed by atoms with Gasteiger partial charge in [-0.25, -0.2) is 0 Å². The molecular weight excluding hydrogens is 254 g/mol. The molecule has 0 heterocycles. The Hall–Kier alpha value is -0.820. The zero-order valence-corrected chi connectivity index (χ0v) is 14.6. The quantitative estimate of drug-likeness (QED) is 0.804. The van der Waals surface area contributed by atoms with Gasteiger partial charge in [0.05, 0.1) is 0 Å². The molecule has 2 rings (SSSR count). The van der Waals surface area contributed by atoms with Gasteiger partial charge < -0.3 is 5.32 Å². The van der Waals surface area contributed by atoms with Gasteiger partial charge in [0.1, 0.15) is 0 Å². The molecule has 1 nitrogen and oxygen atoms in total. The van der Waals surface area contributed by atoms with Crippen LogP contribution in [-0.4, -0.2) is 13.1 Å². The van der Waals surface area contributed by atoms with Crippen LogP contribution in [-0.2, 0) is 5.41 Å². The molecule has 118 valence electrons. The Bertz CT molecular complexity index is 453. The van der Waals surface area contributed by atoms with Crippen molar-refractivity contribution < 1.29 is 0 Å². The highest BCUT2D eigenvalue weighted by Crippen LogP contribution is 2.41. The highest BCUT2D eigenvalue weighted by atomic mass is 14.9. The average molecular weight is 287 g/mol. The molecule has 1 aliphatic rings. The van der Waals surface area contributed by atoms with Crippen LogP contribution in [0.1, 0.15) is 63.1 Å². The van der Waals surface area contributed by atoms with E-state index in [0.29, 0.717) is 5.41 Å². The molecular formula is C20H33N. The minimum Gasteiger partial charge on any atom is -0.316 e. The fourth-order valence-corrected chi connectivity index (χ4v) is 3.55. The predicted octanol–water partition coefficient (Wildman–Crippen LogP) is 5.00. The van der Waals surface area contributed by atoms with Gasteiger partial charge in [-0.3, -0.25) is 0 Å². The lowest BCUT2D eigenvalue weighted by atomic mass is 9.66. The Labute approximate surface area is 131 Å². The molecule has 1 aliphatic carbocycles. The van der Waals surface area contributed by atoms with Crippen molar-refractivity contribution in [3.05, 3.63) is 34.9 Å². The molecule has 0 saturated heterocycles. The van der Waals surface area contributed by atoms with Gasteiger partial charge in [-0.1, -0.05) is 39.0 Å². The maximum Gasteiger partial charge on any atom is 0.00780 e. The number of rotatable bonds is 5. The third-order valence-electron chi connectivity index (χ3n) is 5.37. The number of hydrogen-bond acceptors (Lipinski definition) is 1. The van der Waals surface area contributed by atoms with Gasteiger partial charge in [0.25, 0.3) is 0 Å². The summed E-state index contributed by atoms with van der Waals surface area (Å²) in [5, 5.41) is 3.74. The maximum atomic E-state index is 3.74. The zero-order valence-electron chi connectivity index (χ0n) is 14.6. The van der Waals surface area contributed by atoms with E-state index < -0.39 is 0 Å². The number of nitrogens with one attached hydrogen (secondary N) is 1. The van der Waals surface area contributed by atoms with Gasteiger partial charge in [0.15, 0.2) is 0 Å². The van der Waals surface area contributed by atoms with Gasteiger partial charge in [-0.05, 0) is 74.6 Å². The van der Waals surface area contributed by atoms with Crippen molar-refractivity contribution >= 4 is 0 Å². The minimum absolute atomic E-state index is 0.361. The second-order valence-corrected chi connectivity index (χ2v) is 7.79. The van der Waals surface area contributed by atoms with E-state index in [0.717, 1.165) is 24.9 Å². The minimum atomic E-state index is 0.361. The summed E-state index contributed by atoms with van der Waals surface area (Å²) in [7, 11) is 0. The van der Waals surface area contributed by atoms with Crippen LogP contribution in [0, 0.1) is 25.7 Å². The molecule has 1 fully saturated rings. The third-order valence-corrected chi connectivity index (χ3v) is 5.37. The van der Waals surface area contributed by atoms with E-state index >= 15 is 0 Å². The molecule has 0 unspecified atom stereocenters. The van der Waals surface area contributed by atoms with E-state index in [9.17, 15) is 0 Å². The van der Waals surface area contributed by atoms with Gasteiger partial charge in [-0.2, -0.15) is 0 Å². The highest BCUT2D eigenvalue weighted by molar-refractivity contribution is 5.35. The summed E-state index contributed by atoms with van der Waals surface area (Å²) < 4.78 is 0. The SMILES string of the molecule is Cc1ccc(C2(CNCC(C)C)CCC(C)CC2)cc1C. The van der Waals surface area contributed by atoms with Crippen LogP contribution in [0.4, 0.5) is 0 Å². The highest BCUT2D eigenvalue weighted by Gasteiger charge is 2.35. The molecule has 0 aliphatic heterocycles. The van der Waals surface area contributed by atoms with Crippen molar-refractivity contribution in [3.8, 4) is 0 Å². The van der Waals surface area contributed by atoms with E-state index in [2.05, 4.69) is 58.1 Å². The van der Waals surface area contributed by atoms with Crippen LogP contribution in [0.2, 0.25) is 0 Å². The lowest BCUT2D eigenvalue weighted by molar-refractivity contribution is 0.231. The summed E-state index contributed by atoms with van der Waals surface area (Å²) in [6.45, 7) is 13.7. The number of benzene rings is 1. The zero-order chi connectivity index (χ0) is 15.5. The lowest BCUT2D eigenvalue weighted by Gasteiger charge is -2.41. The molecule has 0 bridgehead atoms. The van der Waals surface area contributed by atoms with Crippen LogP contribution in [0.25, 0.3) is 0 Å². The van der Waals surface area contributed by atoms with Crippen molar-refractivity contribution in [2.24, 2.45) is 11.8 Å². The molecule has 1 aromatic rings. The standard InChI is InChI=1S/C20H33N/c1-15(2)13-21-14-20(10-8-16(3)9-11-20)19-7-6-17(4)18(5)12-19/h6-7,12,15-16,21H,8-11,13-14H2,1-5H3. The van der Waals surface area contributed by atoms with Gasteiger partial charge in [-0.15, -0.1) is 0 Å². The topological polar surface area (TPSA) is 12.0 Å². The molecule has 0 spiro atoms. The normalized spacial score (nSPS) is 26.3. The monoisotopic (exact) mass is 287 g/mol. The van der Waals surface area contributed by atoms with E-state index in [-0.39, 0.29) is 0 Å². The number of aryl methyl sites for hydroxylation is 2. The summed E-state index contributed by atoms with van der Waals surface area (Å²) >= 11 is 0. The number of hydrogen-bond donors (Lipinski definition) is 1. The van der Waals surface area contributed by atoms with Gasteiger partial charge in [0, 0.05) is 12.0 Å². The predicted molar refractivity (Wildman–Crippen MR) is 92.9 cm³/mol. The first-order valence-corrected chi connectivity index (χ1v) is 8.71. The summed E-state index contributed by atoms with van der Waals surface area (Å²) in [5.74, 6) is 1.62. The Morgan fingerprint density at radius 2 is 1.81 bits per heavy atom. The smallest absolute Gasteiger partial charge is 0.00780 e. The molecule has 1 heteroatoms. The molecule has 21 heavy (non-hydrogen) atoms. The summed E-state index contributed by atoms with van der Waals surface area (Å²) in [4.78, 5) is 0. The summed E-state index contributed by atoms with van der Waals surface area (Å²) in [6, 6.07) is 7.14. The molecule has 0 radical (unpaired) electrons. The Morgan fingerprint density at radius 3 is 2.38 bits per heavy atom. The van der Waals surface area contributed by atoms with E-state index in [1.54, 1.807) is 5.56 Å². The molecule has 0 amide bonds. The fraction of sp³-hybridized carbons (Fsp3) is 0.700. The van der Waals surface area contributed by atoms with E-state index in [1.807, 2.05) is 0 Å². The first-order chi connectivity index (χ1) is 9.93. The molecule has 1 aromatic carbocycles. The van der Waals surface area contributed by atoms with Crippen LogP contribution >= 0.6 is 0 Å². The Morgan fingerprint density at radius 1 is 1.14 bits per heavy atom. The fourth-order valence-electron chi connectivity index (χ4n) is 3.55. The lowest BCUT2D eigenvalue weighted by Crippen LogP contribution is -2.42. The van der Waals surface area contributed by atoms with E-state index in [1.165, 1.54) is 36.8 Å². The Balaban J connectivity index is 2.20. The van der Waals surface area contributed by atoms with Crippen molar-refractivity contribution in [2.75, 3.05) is 13.1 Å². The van der Waals surface area contributed by atoms with E-state index in [4.69, 9.17) is 0 Å². The van der Waals surface area contributed by atoms with Crippen molar-refractivity contribution in [1.29, 1.82) is 0 Å². The van der Waals surface area contributed by atoms with Crippen molar-refractivity contribution in [3.63, 3.8) is 0 Å². The molecule has 0 aromatic heterocycles. The second kappa shape index (κ2) is 6.96. The summed E-state index contributed by atoms with van der Waals surface area (Å²) in [5.41, 5.74) is 4.77. The summed E-state index contributed by atoms with van der Waals surface area (Å²) in [6.07, 6.45) is 5.41. The molecule has 0 atom stereocenters. The molecule has 1 saturated carbocycles.